The Balaban J connectivity index is 1.86. The zero-order valence-corrected chi connectivity index (χ0v) is 13.0. The molecule has 106 valence electrons. The zero-order valence-electron chi connectivity index (χ0n) is 12.2. The van der Waals surface area contributed by atoms with Gasteiger partial charge in [0.05, 0.1) is 11.2 Å². The summed E-state index contributed by atoms with van der Waals surface area (Å²) in [5.74, 6) is 0.548. The Morgan fingerprint density at radius 2 is 1.95 bits per heavy atom. The first-order chi connectivity index (χ1) is 8.88. The molecule has 0 bridgehead atoms. The van der Waals surface area contributed by atoms with Crippen LogP contribution < -0.4 is 0 Å². The SMILES string of the molecule is Cc1ncsc1C(=O)OC1CCC(C(C)(C)C)CC1. The number of aryl methyl sites for hydroxylation is 1. The molecule has 1 aromatic rings. The molecule has 1 fully saturated rings. The van der Waals surface area contributed by atoms with E-state index in [-0.39, 0.29) is 12.1 Å². The van der Waals surface area contributed by atoms with E-state index in [0.29, 0.717) is 10.3 Å². The highest BCUT2D eigenvalue weighted by atomic mass is 32.1. The Morgan fingerprint density at radius 1 is 1.32 bits per heavy atom. The maximum atomic E-state index is 12.0. The molecular formula is C15H23NO2S. The molecule has 0 saturated heterocycles. The molecule has 1 aliphatic rings. The smallest absolute Gasteiger partial charge is 0.350 e. The minimum Gasteiger partial charge on any atom is -0.458 e. The van der Waals surface area contributed by atoms with E-state index in [9.17, 15) is 4.79 Å². The molecule has 1 heterocycles. The summed E-state index contributed by atoms with van der Waals surface area (Å²) in [6, 6.07) is 0. The number of carbonyl (C=O) groups excluding carboxylic acids is 1. The summed E-state index contributed by atoms with van der Waals surface area (Å²) < 4.78 is 5.61. The minimum absolute atomic E-state index is 0.0904. The number of aromatic nitrogens is 1. The van der Waals surface area contributed by atoms with Crippen molar-refractivity contribution in [3.8, 4) is 0 Å². The number of thiazole rings is 1. The normalized spacial score (nSPS) is 24.2. The van der Waals surface area contributed by atoms with Gasteiger partial charge in [-0.3, -0.25) is 0 Å². The van der Waals surface area contributed by atoms with Crippen LogP contribution in [0.5, 0.6) is 0 Å². The maximum absolute atomic E-state index is 12.0. The van der Waals surface area contributed by atoms with Gasteiger partial charge in [-0.05, 0) is 43.9 Å². The summed E-state index contributed by atoms with van der Waals surface area (Å²) in [4.78, 5) is 16.8. The molecule has 4 heteroatoms. The molecule has 3 nitrogen and oxygen atoms in total. The topological polar surface area (TPSA) is 39.2 Å². The lowest BCUT2D eigenvalue weighted by Crippen LogP contribution is -2.30. The van der Waals surface area contributed by atoms with Crippen LogP contribution in [-0.4, -0.2) is 17.1 Å². The largest absolute Gasteiger partial charge is 0.458 e. The van der Waals surface area contributed by atoms with Crippen LogP contribution in [0.15, 0.2) is 5.51 Å². The summed E-state index contributed by atoms with van der Waals surface area (Å²) in [6.45, 7) is 8.74. The first-order valence-electron chi connectivity index (χ1n) is 6.99. The Kier molecular flexibility index (Phi) is 4.29. The highest BCUT2D eigenvalue weighted by molar-refractivity contribution is 7.11. The molecule has 1 aliphatic carbocycles. The molecule has 0 unspecified atom stereocenters. The summed E-state index contributed by atoms with van der Waals surface area (Å²) >= 11 is 1.37. The molecule has 0 N–H and O–H groups in total. The predicted molar refractivity (Wildman–Crippen MR) is 77.5 cm³/mol. The molecule has 19 heavy (non-hydrogen) atoms. The van der Waals surface area contributed by atoms with Crippen LogP contribution in [0.4, 0.5) is 0 Å². The van der Waals surface area contributed by atoms with E-state index < -0.39 is 0 Å². The van der Waals surface area contributed by atoms with Gasteiger partial charge in [-0.25, -0.2) is 9.78 Å². The first-order valence-corrected chi connectivity index (χ1v) is 7.87. The second-order valence-corrected chi connectivity index (χ2v) is 7.37. The predicted octanol–water partition coefficient (Wildman–Crippen LogP) is 4.21. The third kappa shape index (κ3) is 3.56. The van der Waals surface area contributed by atoms with Crippen molar-refractivity contribution in [3.63, 3.8) is 0 Å². The second kappa shape index (κ2) is 5.61. The first kappa shape index (κ1) is 14.5. The summed E-state index contributed by atoms with van der Waals surface area (Å²) in [5, 5.41) is 0. The average molecular weight is 281 g/mol. The number of hydrogen-bond acceptors (Lipinski definition) is 4. The van der Waals surface area contributed by atoms with E-state index in [1.54, 1.807) is 5.51 Å². The molecule has 0 spiro atoms. The van der Waals surface area contributed by atoms with E-state index in [2.05, 4.69) is 25.8 Å². The molecule has 0 atom stereocenters. The van der Waals surface area contributed by atoms with E-state index >= 15 is 0 Å². The van der Waals surface area contributed by atoms with E-state index in [1.165, 1.54) is 11.3 Å². The molecule has 0 aliphatic heterocycles. The van der Waals surface area contributed by atoms with E-state index in [4.69, 9.17) is 4.74 Å². The molecule has 0 aromatic carbocycles. The van der Waals surface area contributed by atoms with Gasteiger partial charge < -0.3 is 4.74 Å². The Labute approximate surface area is 119 Å². The highest BCUT2D eigenvalue weighted by Crippen LogP contribution is 2.38. The van der Waals surface area contributed by atoms with Gasteiger partial charge in [-0.15, -0.1) is 11.3 Å². The number of ether oxygens (including phenoxy) is 1. The van der Waals surface area contributed by atoms with Crippen LogP contribution in [0.2, 0.25) is 0 Å². The van der Waals surface area contributed by atoms with Crippen molar-refractivity contribution in [1.29, 1.82) is 0 Å². The quantitative estimate of drug-likeness (QED) is 0.762. The Bertz CT molecular complexity index is 439. The van der Waals surface area contributed by atoms with Crippen LogP contribution in [-0.2, 0) is 4.74 Å². The number of esters is 1. The number of carbonyl (C=O) groups is 1. The van der Waals surface area contributed by atoms with Crippen molar-refractivity contribution < 1.29 is 9.53 Å². The number of rotatable bonds is 2. The van der Waals surface area contributed by atoms with Crippen molar-refractivity contribution in [2.45, 2.75) is 59.5 Å². The molecule has 1 saturated carbocycles. The van der Waals surface area contributed by atoms with Gasteiger partial charge in [0.2, 0.25) is 0 Å². The zero-order chi connectivity index (χ0) is 14.0. The molecule has 2 rings (SSSR count). The monoisotopic (exact) mass is 281 g/mol. The lowest BCUT2D eigenvalue weighted by Gasteiger charge is -2.36. The number of nitrogens with zero attached hydrogens (tertiary/aromatic N) is 1. The summed E-state index contributed by atoms with van der Waals surface area (Å²) in [6.07, 6.45) is 4.39. The van der Waals surface area contributed by atoms with Crippen molar-refractivity contribution in [3.05, 3.63) is 16.1 Å². The lowest BCUT2D eigenvalue weighted by atomic mass is 9.72. The van der Waals surface area contributed by atoms with Gasteiger partial charge in [-0.1, -0.05) is 20.8 Å². The van der Waals surface area contributed by atoms with Gasteiger partial charge in [0.25, 0.3) is 0 Å². The molecular weight excluding hydrogens is 258 g/mol. The maximum Gasteiger partial charge on any atom is 0.350 e. The third-order valence-electron chi connectivity index (χ3n) is 4.10. The van der Waals surface area contributed by atoms with E-state index in [0.717, 1.165) is 37.3 Å². The fraction of sp³-hybridized carbons (Fsp3) is 0.733. The third-order valence-corrected chi connectivity index (χ3v) is 5.01. The van der Waals surface area contributed by atoms with Gasteiger partial charge >= 0.3 is 5.97 Å². The summed E-state index contributed by atoms with van der Waals surface area (Å²) in [7, 11) is 0. The summed E-state index contributed by atoms with van der Waals surface area (Å²) in [5.41, 5.74) is 2.84. The van der Waals surface area contributed by atoms with Gasteiger partial charge in [-0.2, -0.15) is 0 Å². The van der Waals surface area contributed by atoms with Gasteiger partial charge in [0, 0.05) is 0 Å². The van der Waals surface area contributed by atoms with Crippen molar-refractivity contribution in [2.75, 3.05) is 0 Å². The van der Waals surface area contributed by atoms with Crippen LogP contribution in [0, 0.1) is 18.3 Å². The van der Waals surface area contributed by atoms with Crippen LogP contribution in [0.3, 0.4) is 0 Å². The van der Waals surface area contributed by atoms with Crippen molar-refractivity contribution in [2.24, 2.45) is 11.3 Å². The molecule has 0 amide bonds. The Hall–Kier alpha value is -0.900. The van der Waals surface area contributed by atoms with Crippen LogP contribution in [0.1, 0.15) is 61.8 Å². The highest BCUT2D eigenvalue weighted by Gasteiger charge is 2.31. The number of hydrogen-bond donors (Lipinski definition) is 0. The fourth-order valence-corrected chi connectivity index (χ4v) is 3.43. The van der Waals surface area contributed by atoms with E-state index in [1.807, 2.05) is 6.92 Å². The van der Waals surface area contributed by atoms with Crippen molar-refractivity contribution >= 4 is 17.3 Å². The standard InChI is InChI=1S/C15H23NO2S/c1-10-13(19-9-16-10)14(17)18-12-7-5-11(6-8-12)15(2,3)4/h9,11-12H,5-8H2,1-4H3. The fourth-order valence-electron chi connectivity index (χ4n) is 2.75. The van der Waals surface area contributed by atoms with Crippen molar-refractivity contribution in [1.82, 2.24) is 4.98 Å². The van der Waals surface area contributed by atoms with Gasteiger partial charge in [0.1, 0.15) is 11.0 Å². The average Bonchev–Trinajstić information content (AvgIpc) is 2.75. The Morgan fingerprint density at radius 3 is 2.42 bits per heavy atom. The van der Waals surface area contributed by atoms with Crippen LogP contribution in [0.25, 0.3) is 0 Å². The molecule has 1 aromatic heterocycles. The minimum atomic E-state index is -0.195. The lowest BCUT2D eigenvalue weighted by molar-refractivity contribution is 0.00970. The van der Waals surface area contributed by atoms with Gasteiger partial charge in [0.15, 0.2) is 0 Å². The second-order valence-electron chi connectivity index (χ2n) is 6.51. The molecule has 0 radical (unpaired) electrons. The van der Waals surface area contributed by atoms with Crippen LogP contribution >= 0.6 is 11.3 Å².